The zero-order valence-electron chi connectivity index (χ0n) is 10.8. The van der Waals surface area contributed by atoms with Gasteiger partial charge in [-0.3, -0.25) is 4.99 Å². The van der Waals surface area contributed by atoms with Gasteiger partial charge in [-0.25, -0.2) is 5.43 Å². The summed E-state index contributed by atoms with van der Waals surface area (Å²) in [7, 11) is 1.77. The number of amidine groups is 1. The van der Waals surface area contributed by atoms with E-state index in [2.05, 4.69) is 10.4 Å². The molecule has 0 amide bonds. The second kappa shape index (κ2) is 5.23. The highest BCUT2D eigenvalue weighted by Crippen LogP contribution is 2.37. The maximum atomic E-state index is 12.9. The third kappa shape index (κ3) is 2.89. The van der Waals surface area contributed by atoms with Gasteiger partial charge in [-0.15, -0.1) is 0 Å². The third-order valence-electron chi connectivity index (χ3n) is 3.24. The molecule has 3 N–H and O–H groups in total. The lowest BCUT2D eigenvalue weighted by molar-refractivity contribution is -0.137. The molecule has 1 unspecified atom stereocenters. The normalized spacial score (nSPS) is 23.2. The van der Waals surface area contributed by atoms with Gasteiger partial charge in [0.2, 0.25) is 0 Å². The molecule has 1 aliphatic heterocycles. The Balaban J connectivity index is 2.41. The topological polar surface area (TPSA) is 50.4 Å². The van der Waals surface area contributed by atoms with Gasteiger partial charge in [-0.2, -0.15) is 17.8 Å². The van der Waals surface area contributed by atoms with E-state index in [4.69, 9.17) is 17.3 Å². The Morgan fingerprint density at radius 3 is 2.75 bits per heavy atom. The van der Waals surface area contributed by atoms with Crippen molar-refractivity contribution in [2.24, 2.45) is 10.7 Å². The van der Waals surface area contributed by atoms with Crippen molar-refractivity contribution in [1.82, 2.24) is 10.0 Å². The van der Waals surface area contributed by atoms with E-state index in [0.29, 0.717) is 24.6 Å². The van der Waals surface area contributed by atoms with Crippen LogP contribution in [0.2, 0.25) is 5.02 Å². The quantitative estimate of drug-likeness (QED) is 0.823. The zero-order valence-corrected chi connectivity index (χ0v) is 11.6. The van der Waals surface area contributed by atoms with Crippen LogP contribution in [0.1, 0.15) is 5.56 Å². The Bertz CT molecular complexity index is 544. The summed E-state index contributed by atoms with van der Waals surface area (Å²) in [5, 5.41) is -0.308. The van der Waals surface area contributed by atoms with E-state index < -0.39 is 11.7 Å². The molecule has 0 aromatic heterocycles. The minimum Gasteiger partial charge on any atom is -0.324 e. The van der Waals surface area contributed by atoms with Crippen LogP contribution in [0.15, 0.2) is 23.2 Å². The number of hydrogen-bond donors (Lipinski definition) is 2. The Hall–Kier alpha value is -1.31. The van der Waals surface area contributed by atoms with Crippen LogP contribution in [0, 0.1) is 0 Å². The van der Waals surface area contributed by atoms with E-state index in [0.717, 1.165) is 6.07 Å². The largest absolute Gasteiger partial charge is 0.418 e. The summed E-state index contributed by atoms with van der Waals surface area (Å²) in [6.07, 6.45) is -4.48. The first-order valence-electron chi connectivity index (χ1n) is 6.01. The smallest absolute Gasteiger partial charge is 0.324 e. The number of hydrogen-bond acceptors (Lipinski definition) is 3. The Morgan fingerprint density at radius 2 is 2.15 bits per heavy atom. The fourth-order valence-electron chi connectivity index (χ4n) is 2.10. The van der Waals surface area contributed by atoms with Crippen LogP contribution in [0.3, 0.4) is 0 Å². The zero-order chi connectivity index (χ0) is 15.0. The highest BCUT2D eigenvalue weighted by atomic mass is 35.5. The standard InChI is InChI=1S/C12H15ClF3N4/c1-20(5-4-18-11(7-17)19-20)8-2-3-10(13)9(6-8)12(14,15)16/h2-3,6H,4-5,7,17H2,1H3,(H,18,19)/q+1. The number of nitrogens with zero attached hydrogens (tertiary/aromatic N) is 2. The molecule has 4 nitrogen and oxygen atoms in total. The van der Waals surface area contributed by atoms with Crippen LogP contribution in [0.4, 0.5) is 18.9 Å². The molecule has 1 aliphatic rings. The van der Waals surface area contributed by atoms with Crippen molar-refractivity contribution in [1.29, 1.82) is 0 Å². The molecule has 8 heteroatoms. The second-order valence-electron chi connectivity index (χ2n) is 4.72. The molecule has 20 heavy (non-hydrogen) atoms. The molecule has 1 aromatic rings. The number of nitrogens with one attached hydrogen (secondary N) is 1. The van der Waals surface area contributed by atoms with Crippen molar-refractivity contribution >= 4 is 23.1 Å². The van der Waals surface area contributed by atoms with Gasteiger partial charge in [-0.1, -0.05) is 11.6 Å². The van der Waals surface area contributed by atoms with E-state index in [1.165, 1.54) is 6.07 Å². The van der Waals surface area contributed by atoms with E-state index in [-0.39, 0.29) is 16.2 Å². The molecule has 0 bridgehead atoms. The molecule has 110 valence electrons. The highest BCUT2D eigenvalue weighted by molar-refractivity contribution is 6.31. The lowest BCUT2D eigenvalue weighted by atomic mass is 10.1. The van der Waals surface area contributed by atoms with E-state index in [1.807, 2.05) is 0 Å². The van der Waals surface area contributed by atoms with E-state index in [1.54, 1.807) is 13.1 Å². The number of rotatable bonds is 2. The molecular weight excluding hydrogens is 293 g/mol. The number of halogens is 4. The summed E-state index contributed by atoms with van der Waals surface area (Å²) in [5.41, 5.74) is 8.19. The number of nitrogens with two attached hydrogens (primary N) is 1. The first-order chi connectivity index (χ1) is 9.26. The van der Waals surface area contributed by atoms with Crippen molar-refractivity contribution in [3.63, 3.8) is 0 Å². The first-order valence-corrected chi connectivity index (χ1v) is 6.38. The number of benzene rings is 1. The van der Waals surface area contributed by atoms with Crippen molar-refractivity contribution in [3.8, 4) is 0 Å². The fraction of sp³-hybridized carbons (Fsp3) is 0.417. The maximum absolute atomic E-state index is 12.9. The van der Waals surface area contributed by atoms with Crippen LogP contribution in [0.25, 0.3) is 0 Å². The van der Waals surface area contributed by atoms with Crippen molar-refractivity contribution in [2.45, 2.75) is 6.18 Å². The monoisotopic (exact) mass is 307 g/mol. The number of alkyl halides is 3. The SMILES string of the molecule is C[N+]1(c2ccc(Cl)c(C(F)(F)F)c2)CCN=C(CN)N1. The summed E-state index contributed by atoms with van der Waals surface area (Å²) >= 11 is 5.63. The molecule has 1 heterocycles. The first kappa shape index (κ1) is 15.1. The van der Waals surface area contributed by atoms with Gasteiger partial charge in [-0.05, 0) is 6.07 Å². The molecule has 0 saturated carbocycles. The van der Waals surface area contributed by atoms with Gasteiger partial charge >= 0.3 is 6.18 Å². The molecule has 0 aliphatic carbocycles. The fourth-order valence-corrected chi connectivity index (χ4v) is 2.33. The third-order valence-corrected chi connectivity index (χ3v) is 3.57. The van der Waals surface area contributed by atoms with Crippen molar-refractivity contribution in [3.05, 3.63) is 28.8 Å². The molecule has 0 saturated heterocycles. The molecule has 1 aromatic carbocycles. The minimum absolute atomic E-state index is 0.107. The van der Waals surface area contributed by atoms with Crippen LogP contribution in [-0.2, 0) is 6.18 Å². The predicted octanol–water partition coefficient (Wildman–Crippen LogP) is 2.17. The van der Waals surface area contributed by atoms with Crippen LogP contribution in [-0.4, -0.2) is 32.5 Å². The summed E-state index contributed by atoms with van der Waals surface area (Å²) < 4.78 is 38.8. The van der Waals surface area contributed by atoms with Gasteiger partial charge in [0.15, 0.2) is 11.5 Å². The molecule has 2 rings (SSSR count). The van der Waals surface area contributed by atoms with Gasteiger partial charge in [0.1, 0.15) is 6.54 Å². The number of likely N-dealkylation sites (N-methyl/N-ethyl adjacent to an activating group) is 1. The average molecular weight is 308 g/mol. The van der Waals surface area contributed by atoms with Crippen LogP contribution >= 0.6 is 11.6 Å². The summed E-state index contributed by atoms with van der Waals surface area (Å²) in [5.74, 6) is 0.572. The highest BCUT2D eigenvalue weighted by Gasteiger charge is 2.37. The van der Waals surface area contributed by atoms with Crippen LogP contribution in [0.5, 0.6) is 0 Å². The summed E-state index contributed by atoms with van der Waals surface area (Å²) in [4.78, 5) is 4.17. The van der Waals surface area contributed by atoms with Gasteiger partial charge < -0.3 is 5.73 Å². The minimum atomic E-state index is -4.48. The second-order valence-corrected chi connectivity index (χ2v) is 5.13. The Kier molecular flexibility index (Phi) is 3.95. The van der Waals surface area contributed by atoms with Gasteiger partial charge in [0.05, 0.1) is 30.7 Å². The van der Waals surface area contributed by atoms with E-state index >= 15 is 0 Å². The lowest BCUT2D eigenvalue weighted by Gasteiger charge is -2.36. The Labute approximate surface area is 119 Å². The molecule has 0 radical (unpaired) electrons. The predicted molar refractivity (Wildman–Crippen MR) is 73.5 cm³/mol. The lowest BCUT2D eigenvalue weighted by Crippen LogP contribution is -2.63. The molecule has 0 spiro atoms. The Morgan fingerprint density at radius 1 is 1.45 bits per heavy atom. The van der Waals surface area contributed by atoms with Crippen molar-refractivity contribution in [2.75, 3.05) is 26.7 Å². The van der Waals surface area contributed by atoms with Crippen molar-refractivity contribution < 1.29 is 13.2 Å². The summed E-state index contributed by atoms with van der Waals surface area (Å²) in [6.45, 7) is 1.25. The van der Waals surface area contributed by atoms with Crippen LogP contribution < -0.4 is 15.8 Å². The summed E-state index contributed by atoms with van der Waals surface area (Å²) in [6, 6.07) is 3.90. The van der Waals surface area contributed by atoms with Gasteiger partial charge in [0.25, 0.3) is 0 Å². The average Bonchev–Trinajstić information content (AvgIpc) is 2.37. The maximum Gasteiger partial charge on any atom is 0.418 e. The molecule has 0 fully saturated rings. The molecule has 1 atom stereocenters. The molecular formula is C12H15ClF3N4+. The number of quaternary nitrogens is 1. The van der Waals surface area contributed by atoms with Gasteiger partial charge in [0, 0.05) is 12.1 Å². The van der Waals surface area contributed by atoms with E-state index in [9.17, 15) is 13.2 Å². The number of aliphatic imine (C=N–C) groups is 1.